The Kier molecular flexibility index (Phi) is 6.49. The fraction of sp³-hybridized carbons (Fsp3) is 0.800. The van der Waals surface area contributed by atoms with Crippen molar-refractivity contribution in [3.8, 4) is 0 Å². The molecule has 0 spiro atoms. The molecule has 116 valence electrons. The van der Waals surface area contributed by atoms with Crippen LogP contribution in [0.25, 0.3) is 0 Å². The van der Waals surface area contributed by atoms with Gasteiger partial charge < -0.3 is 10.5 Å². The second-order valence-electron chi connectivity index (χ2n) is 5.20. The summed E-state index contributed by atoms with van der Waals surface area (Å²) in [4.78, 5) is 0. The molecule has 0 aliphatic rings. The predicted octanol–water partition coefficient (Wildman–Crippen LogP) is 3.10. The number of rotatable bonds is 8. The van der Waals surface area contributed by atoms with Gasteiger partial charge in [0.15, 0.2) is 0 Å². The second kappa shape index (κ2) is 7.43. The number of nitrogens with two attached hydrogens (primary N) is 1. The van der Waals surface area contributed by atoms with E-state index in [1.807, 2.05) is 18.7 Å². The van der Waals surface area contributed by atoms with Crippen molar-refractivity contribution in [3.63, 3.8) is 0 Å². The molecule has 0 amide bonds. The summed E-state index contributed by atoms with van der Waals surface area (Å²) in [5, 5.41) is 5.20. The van der Waals surface area contributed by atoms with Gasteiger partial charge in [-0.15, -0.1) is 0 Å². The Morgan fingerprint density at radius 2 is 1.90 bits per heavy atom. The molecule has 0 fully saturated rings. The lowest BCUT2D eigenvalue weighted by molar-refractivity contribution is -0.0636. The number of hydrogen-bond acceptors (Lipinski definition) is 3. The molecule has 1 heterocycles. The fourth-order valence-corrected chi connectivity index (χ4v) is 3.18. The van der Waals surface area contributed by atoms with Gasteiger partial charge in [-0.3, -0.25) is 4.68 Å². The third-order valence-corrected chi connectivity index (χ3v) is 4.66. The number of nitrogens with zero attached hydrogens (tertiary/aromatic N) is 2. The Morgan fingerprint density at radius 3 is 2.30 bits per heavy atom. The van der Waals surface area contributed by atoms with Crippen molar-refractivity contribution in [2.24, 2.45) is 12.8 Å². The lowest BCUT2D eigenvalue weighted by Gasteiger charge is -2.37. The molecular formula is C15H28ClN3O. The number of ether oxygens (including phenoxy) is 1. The van der Waals surface area contributed by atoms with Crippen molar-refractivity contribution in [2.75, 3.05) is 6.61 Å². The Hall–Kier alpha value is -0.580. The summed E-state index contributed by atoms with van der Waals surface area (Å²) in [5.74, 6) is 0. The second-order valence-corrected chi connectivity index (χ2v) is 5.58. The molecule has 0 aliphatic carbocycles. The molecule has 2 N–H and O–H groups in total. The van der Waals surface area contributed by atoms with Crippen LogP contribution < -0.4 is 5.73 Å². The highest BCUT2D eigenvalue weighted by molar-refractivity contribution is 6.31. The molecule has 4 nitrogen and oxygen atoms in total. The van der Waals surface area contributed by atoms with Crippen LogP contribution in [-0.4, -0.2) is 28.0 Å². The van der Waals surface area contributed by atoms with Gasteiger partial charge in [-0.1, -0.05) is 32.4 Å². The van der Waals surface area contributed by atoms with Crippen LogP contribution in [-0.2, 0) is 24.6 Å². The quantitative estimate of drug-likeness (QED) is 0.803. The highest BCUT2D eigenvalue weighted by Gasteiger charge is 2.35. The van der Waals surface area contributed by atoms with Gasteiger partial charge >= 0.3 is 0 Å². The molecule has 0 aromatic carbocycles. The smallest absolute Gasteiger partial charge is 0.0850 e. The Morgan fingerprint density at radius 1 is 1.30 bits per heavy atom. The molecule has 0 aliphatic heterocycles. The Bertz CT molecular complexity index is 427. The molecule has 0 radical (unpaired) electrons. The van der Waals surface area contributed by atoms with E-state index in [2.05, 4.69) is 25.9 Å². The summed E-state index contributed by atoms with van der Waals surface area (Å²) < 4.78 is 7.83. The van der Waals surface area contributed by atoms with Crippen molar-refractivity contribution >= 4 is 11.6 Å². The highest BCUT2D eigenvalue weighted by atomic mass is 35.5. The summed E-state index contributed by atoms with van der Waals surface area (Å²) in [6.07, 6.45) is 3.31. The van der Waals surface area contributed by atoms with E-state index in [0.29, 0.717) is 13.0 Å². The monoisotopic (exact) mass is 301 g/mol. The van der Waals surface area contributed by atoms with Crippen LogP contribution in [0.15, 0.2) is 0 Å². The molecule has 1 rings (SSSR count). The van der Waals surface area contributed by atoms with E-state index in [4.69, 9.17) is 22.1 Å². The number of halogens is 1. The van der Waals surface area contributed by atoms with Crippen LogP contribution in [0.1, 0.15) is 51.9 Å². The van der Waals surface area contributed by atoms with Gasteiger partial charge in [0.25, 0.3) is 0 Å². The van der Waals surface area contributed by atoms with Crippen LogP contribution >= 0.6 is 11.6 Å². The maximum atomic E-state index is 6.46. The molecule has 5 heteroatoms. The minimum Gasteiger partial charge on any atom is -0.374 e. The van der Waals surface area contributed by atoms with E-state index in [0.717, 1.165) is 35.7 Å². The first kappa shape index (κ1) is 17.5. The minimum atomic E-state index is -0.283. The molecule has 1 unspecified atom stereocenters. The van der Waals surface area contributed by atoms with Gasteiger partial charge in [0.1, 0.15) is 0 Å². The first-order chi connectivity index (χ1) is 9.45. The molecule has 0 saturated heterocycles. The van der Waals surface area contributed by atoms with E-state index < -0.39 is 0 Å². The van der Waals surface area contributed by atoms with Crippen molar-refractivity contribution in [2.45, 2.75) is 65.0 Å². The molecule has 1 aromatic rings. The molecule has 0 saturated carbocycles. The first-order valence-corrected chi connectivity index (χ1v) is 7.93. The zero-order chi connectivity index (χ0) is 15.3. The lowest BCUT2D eigenvalue weighted by Crippen LogP contribution is -2.51. The van der Waals surface area contributed by atoms with E-state index in [1.54, 1.807) is 0 Å². The summed E-state index contributed by atoms with van der Waals surface area (Å²) in [7, 11) is 1.92. The molecular weight excluding hydrogens is 274 g/mol. The van der Waals surface area contributed by atoms with E-state index in [9.17, 15) is 0 Å². The standard InChI is InChI=1S/C15H28ClN3O/c1-6-11-14(16)12(19(5)18-11)10-13(17)15(7-2,8-3)20-9-4/h13H,6-10,17H2,1-5H3. The third-order valence-electron chi connectivity index (χ3n) is 4.22. The fourth-order valence-electron chi connectivity index (χ4n) is 2.81. The summed E-state index contributed by atoms with van der Waals surface area (Å²) >= 11 is 6.41. The van der Waals surface area contributed by atoms with Crippen LogP contribution in [0.4, 0.5) is 0 Å². The zero-order valence-electron chi connectivity index (χ0n) is 13.4. The van der Waals surface area contributed by atoms with Gasteiger partial charge in [0, 0.05) is 26.1 Å². The van der Waals surface area contributed by atoms with Crippen molar-refractivity contribution in [1.82, 2.24) is 9.78 Å². The SMILES string of the molecule is CCOC(CC)(CC)C(N)Cc1c(Cl)c(CC)nn1C. The average Bonchev–Trinajstić information content (AvgIpc) is 2.72. The topological polar surface area (TPSA) is 53.1 Å². The molecule has 0 bridgehead atoms. The van der Waals surface area contributed by atoms with Crippen molar-refractivity contribution in [3.05, 3.63) is 16.4 Å². The van der Waals surface area contributed by atoms with Crippen molar-refractivity contribution in [1.29, 1.82) is 0 Å². The summed E-state index contributed by atoms with van der Waals surface area (Å²) in [6, 6.07) is -0.0879. The van der Waals surface area contributed by atoms with Gasteiger partial charge in [-0.2, -0.15) is 5.10 Å². The van der Waals surface area contributed by atoms with Gasteiger partial charge in [0.05, 0.1) is 22.0 Å². The lowest BCUT2D eigenvalue weighted by atomic mass is 9.86. The average molecular weight is 302 g/mol. The van der Waals surface area contributed by atoms with E-state index in [1.165, 1.54) is 0 Å². The van der Waals surface area contributed by atoms with Gasteiger partial charge in [-0.25, -0.2) is 0 Å². The van der Waals surface area contributed by atoms with E-state index >= 15 is 0 Å². The maximum absolute atomic E-state index is 6.46. The predicted molar refractivity (Wildman–Crippen MR) is 84.2 cm³/mol. The van der Waals surface area contributed by atoms with Crippen LogP contribution in [0.2, 0.25) is 5.02 Å². The number of aryl methyl sites for hydroxylation is 2. The summed E-state index contributed by atoms with van der Waals surface area (Å²) in [5.41, 5.74) is 8.11. The van der Waals surface area contributed by atoms with Crippen LogP contribution in [0.3, 0.4) is 0 Å². The van der Waals surface area contributed by atoms with Crippen LogP contribution in [0, 0.1) is 0 Å². The normalized spacial score (nSPS) is 13.8. The maximum Gasteiger partial charge on any atom is 0.0850 e. The molecule has 1 aromatic heterocycles. The Labute approximate surface area is 127 Å². The Balaban J connectivity index is 2.99. The largest absolute Gasteiger partial charge is 0.374 e. The van der Waals surface area contributed by atoms with Crippen LogP contribution in [0.5, 0.6) is 0 Å². The first-order valence-electron chi connectivity index (χ1n) is 7.55. The van der Waals surface area contributed by atoms with Crippen molar-refractivity contribution < 1.29 is 4.74 Å². The molecule has 1 atom stereocenters. The molecule has 20 heavy (non-hydrogen) atoms. The zero-order valence-corrected chi connectivity index (χ0v) is 14.1. The van der Waals surface area contributed by atoms with Gasteiger partial charge in [0.2, 0.25) is 0 Å². The summed E-state index contributed by atoms with van der Waals surface area (Å²) in [6.45, 7) is 9.00. The minimum absolute atomic E-state index is 0.0879. The van der Waals surface area contributed by atoms with E-state index in [-0.39, 0.29) is 11.6 Å². The highest BCUT2D eigenvalue weighted by Crippen LogP contribution is 2.29. The third kappa shape index (κ3) is 3.35. The van der Waals surface area contributed by atoms with Gasteiger partial charge in [-0.05, 0) is 26.2 Å². The number of aromatic nitrogens is 2. The number of hydrogen-bond donors (Lipinski definition) is 1.